The first-order chi connectivity index (χ1) is 9.60. The zero-order valence-corrected chi connectivity index (χ0v) is 12.6. The highest BCUT2D eigenvalue weighted by atomic mass is 32.2. The molecule has 20 heavy (non-hydrogen) atoms. The Labute approximate surface area is 119 Å². The number of nitrogens with one attached hydrogen (secondary N) is 2. The van der Waals surface area contributed by atoms with E-state index in [0.29, 0.717) is 26.4 Å². The first-order valence-electron chi connectivity index (χ1n) is 6.33. The van der Waals surface area contributed by atoms with Gasteiger partial charge in [-0.25, -0.2) is 13.1 Å². The van der Waals surface area contributed by atoms with Gasteiger partial charge in [0.1, 0.15) is 4.90 Å². The summed E-state index contributed by atoms with van der Waals surface area (Å²) < 4.78 is 37.9. The largest absolute Gasteiger partial charge is 0.382 e. The molecule has 116 valence electrons. The normalized spacial score (nSPS) is 11.9. The molecule has 0 unspecified atom stereocenters. The van der Waals surface area contributed by atoms with Crippen LogP contribution >= 0.6 is 0 Å². The van der Waals surface area contributed by atoms with Gasteiger partial charge in [0.05, 0.1) is 32.6 Å². The second-order valence-electron chi connectivity index (χ2n) is 4.05. The molecular weight excluding hydrogens is 284 g/mol. The first kappa shape index (κ1) is 17.1. The van der Waals surface area contributed by atoms with E-state index in [1.165, 1.54) is 12.4 Å². The van der Waals surface area contributed by atoms with Crippen LogP contribution in [0.5, 0.6) is 0 Å². The van der Waals surface area contributed by atoms with E-state index in [1.807, 2.05) is 7.05 Å². The van der Waals surface area contributed by atoms with Crippen LogP contribution in [-0.4, -0.2) is 65.3 Å². The van der Waals surface area contributed by atoms with Gasteiger partial charge in [0, 0.05) is 26.4 Å². The van der Waals surface area contributed by atoms with Crippen LogP contribution in [0.4, 0.5) is 0 Å². The molecule has 0 radical (unpaired) electrons. The van der Waals surface area contributed by atoms with Crippen molar-refractivity contribution in [2.45, 2.75) is 11.4 Å². The maximum atomic E-state index is 11.9. The van der Waals surface area contributed by atoms with Crippen LogP contribution in [0.15, 0.2) is 17.3 Å². The van der Waals surface area contributed by atoms with Gasteiger partial charge in [-0.1, -0.05) is 0 Å². The molecule has 0 aromatic carbocycles. The lowest BCUT2D eigenvalue weighted by molar-refractivity contribution is 0.0736. The summed E-state index contributed by atoms with van der Waals surface area (Å²) in [4.78, 5) is 0.158. The Kier molecular flexibility index (Phi) is 7.70. The summed E-state index contributed by atoms with van der Waals surface area (Å²) in [7, 11) is -0.115. The molecule has 1 aromatic heterocycles. The molecule has 0 bridgehead atoms. The van der Waals surface area contributed by atoms with Crippen LogP contribution in [0.3, 0.4) is 0 Å². The number of hydrogen-bond acceptors (Lipinski definition) is 6. The lowest BCUT2D eigenvalue weighted by Crippen LogP contribution is -2.27. The predicted molar refractivity (Wildman–Crippen MR) is 74.0 cm³/mol. The second kappa shape index (κ2) is 9.03. The van der Waals surface area contributed by atoms with E-state index in [9.17, 15) is 8.42 Å². The van der Waals surface area contributed by atoms with E-state index >= 15 is 0 Å². The van der Waals surface area contributed by atoms with Gasteiger partial charge in [0.25, 0.3) is 0 Å². The zero-order chi connectivity index (χ0) is 14.8. The highest BCUT2D eigenvalue weighted by molar-refractivity contribution is 7.89. The number of rotatable bonds is 11. The molecule has 0 spiro atoms. The molecule has 0 saturated heterocycles. The third-order valence-corrected chi connectivity index (χ3v) is 3.90. The van der Waals surface area contributed by atoms with E-state index in [4.69, 9.17) is 9.47 Å². The monoisotopic (exact) mass is 306 g/mol. The quantitative estimate of drug-likeness (QED) is 0.512. The fourth-order valence-electron chi connectivity index (χ4n) is 1.41. The van der Waals surface area contributed by atoms with Crippen molar-refractivity contribution >= 4 is 10.0 Å². The van der Waals surface area contributed by atoms with E-state index in [0.717, 1.165) is 6.54 Å². The SMILES string of the molecule is CNCCn1cc(S(=O)(=O)NCCOCCOC)cn1. The fraction of sp³-hybridized carbons (Fsp3) is 0.727. The molecule has 0 atom stereocenters. The Balaban J connectivity index is 2.38. The van der Waals surface area contributed by atoms with Crippen molar-refractivity contribution in [2.75, 3.05) is 47.1 Å². The van der Waals surface area contributed by atoms with Gasteiger partial charge >= 0.3 is 0 Å². The molecule has 1 aromatic rings. The lowest BCUT2D eigenvalue weighted by Gasteiger charge is -2.05. The average Bonchev–Trinajstić information content (AvgIpc) is 2.90. The Morgan fingerprint density at radius 1 is 1.30 bits per heavy atom. The van der Waals surface area contributed by atoms with Gasteiger partial charge in [-0.2, -0.15) is 5.10 Å². The molecule has 0 saturated carbocycles. The summed E-state index contributed by atoms with van der Waals surface area (Å²) in [6.45, 7) is 2.80. The van der Waals surface area contributed by atoms with Crippen LogP contribution in [0.25, 0.3) is 0 Å². The van der Waals surface area contributed by atoms with E-state index in [1.54, 1.807) is 11.8 Å². The third kappa shape index (κ3) is 5.97. The number of methoxy groups -OCH3 is 1. The van der Waals surface area contributed by atoms with Crippen molar-refractivity contribution in [3.05, 3.63) is 12.4 Å². The molecular formula is C11H22N4O4S. The maximum absolute atomic E-state index is 11.9. The van der Waals surface area contributed by atoms with E-state index in [-0.39, 0.29) is 11.4 Å². The Bertz CT molecular complexity index is 475. The van der Waals surface area contributed by atoms with Crippen LogP contribution < -0.4 is 10.0 Å². The minimum Gasteiger partial charge on any atom is -0.382 e. The molecule has 1 rings (SSSR count). The van der Waals surface area contributed by atoms with Crippen molar-refractivity contribution < 1.29 is 17.9 Å². The lowest BCUT2D eigenvalue weighted by atomic mass is 10.6. The van der Waals surface area contributed by atoms with Crippen LogP contribution in [-0.2, 0) is 26.0 Å². The molecule has 0 aliphatic heterocycles. The third-order valence-electron chi connectivity index (χ3n) is 2.48. The van der Waals surface area contributed by atoms with Crippen LogP contribution in [0.2, 0.25) is 0 Å². The summed E-state index contributed by atoms with van der Waals surface area (Å²) in [5.74, 6) is 0. The van der Waals surface area contributed by atoms with Crippen molar-refractivity contribution in [1.29, 1.82) is 0 Å². The van der Waals surface area contributed by atoms with Gasteiger partial charge in [-0.15, -0.1) is 0 Å². The van der Waals surface area contributed by atoms with Gasteiger partial charge in [0.2, 0.25) is 10.0 Å². The zero-order valence-electron chi connectivity index (χ0n) is 11.8. The van der Waals surface area contributed by atoms with Gasteiger partial charge < -0.3 is 14.8 Å². The molecule has 2 N–H and O–H groups in total. The molecule has 0 aliphatic rings. The number of nitrogens with zero attached hydrogens (tertiary/aromatic N) is 2. The van der Waals surface area contributed by atoms with Gasteiger partial charge in [-0.3, -0.25) is 4.68 Å². The maximum Gasteiger partial charge on any atom is 0.243 e. The molecule has 0 amide bonds. The highest BCUT2D eigenvalue weighted by Gasteiger charge is 2.15. The molecule has 0 aliphatic carbocycles. The van der Waals surface area contributed by atoms with Crippen molar-refractivity contribution in [1.82, 2.24) is 19.8 Å². The van der Waals surface area contributed by atoms with Crippen molar-refractivity contribution in [3.63, 3.8) is 0 Å². The molecule has 0 fully saturated rings. The number of sulfonamides is 1. The minimum atomic E-state index is -3.52. The molecule has 8 nitrogen and oxygen atoms in total. The molecule has 1 heterocycles. The minimum absolute atomic E-state index is 0.158. The van der Waals surface area contributed by atoms with Crippen LogP contribution in [0, 0.1) is 0 Å². The van der Waals surface area contributed by atoms with E-state index in [2.05, 4.69) is 15.1 Å². The number of ether oxygens (including phenoxy) is 2. The van der Waals surface area contributed by atoms with Crippen molar-refractivity contribution in [2.24, 2.45) is 0 Å². The number of hydrogen-bond donors (Lipinski definition) is 2. The summed E-state index contributed by atoms with van der Waals surface area (Å²) >= 11 is 0. The van der Waals surface area contributed by atoms with Crippen molar-refractivity contribution in [3.8, 4) is 0 Å². The summed E-state index contributed by atoms with van der Waals surface area (Å²) in [6, 6.07) is 0. The second-order valence-corrected chi connectivity index (χ2v) is 5.81. The van der Waals surface area contributed by atoms with Gasteiger partial charge in [0.15, 0.2) is 0 Å². The first-order valence-corrected chi connectivity index (χ1v) is 7.82. The predicted octanol–water partition coefficient (Wildman–Crippen LogP) is -0.956. The number of aromatic nitrogens is 2. The molecule has 9 heteroatoms. The summed E-state index contributed by atoms with van der Waals surface area (Å²) in [5.41, 5.74) is 0. The van der Waals surface area contributed by atoms with Crippen LogP contribution in [0.1, 0.15) is 0 Å². The number of likely N-dealkylation sites (N-methyl/N-ethyl adjacent to an activating group) is 1. The topological polar surface area (TPSA) is 94.5 Å². The Morgan fingerprint density at radius 3 is 2.80 bits per heavy atom. The highest BCUT2D eigenvalue weighted by Crippen LogP contribution is 2.06. The average molecular weight is 306 g/mol. The summed E-state index contributed by atoms with van der Waals surface area (Å²) in [6.07, 6.45) is 2.84. The Morgan fingerprint density at radius 2 is 2.10 bits per heavy atom. The smallest absolute Gasteiger partial charge is 0.243 e. The van der Waals surface area contributed by atoms with Gasteiger partial charge in [-0.05, 0) is 7.05 Å². The fourth-order valence-corrected chi connectivity index (χ4v) is 2.37. The summed E-state index contributed by atoms with van der Waals surface area (Å²) in [5, 5.41) is 6.97. The Hall–Kier alpha value is -1.00. The van der Waals surface area contributed by atoms with E-state index < -0.39 is 10.0 Å². The standard InChI is InChI=1S/C11H22N4O4S/c1-12-3-5-15-10-11(9-13-15)20(16,17)14-4-6-19-8-7-18-2/h9-10,12,14H,3-8H2,1-2H3.